The molecule has 0 radical (unpaired) electrons. The zero-order chi connectivity index (χ0) is 33.9. The minimum absolute atomic E-state index is 0.00490. The molecule has 0 aromatic heterocycles. The van der Waals surface area contributed by atoms with Crippen molar-refractivity contribution < 1.29 is 33.2 Å². The van der Waals surface area contributed by atoms with Gasteiger partial charge in [0.1, 0.15) is 31.0 Å². The third-order valence-corrected chi connectivity index (χ3v) is 7.60. The number of rotatable bonds is 13. The molecule has 0 aliphatic carbocycles. The summed E-state index contributed by atoms with van der Waals surface area (Å²) in [5, 5.41) is 10.9. The lowest BCUT2D eigenvalue weighted by Crippen LogP contribution is -2.66. The van der Waals surface area contributed by atoms with Crippen LogP contribution in [0.15, 0.2) is 91.0 Å². The Labute approximate surface area is 303 Å². The van der Waals surface area contributed by atoms with Gasteiger partial charge >= 0.3 is 6.09 Å². The van der Waals surface area contributed by atoms with E-state index in [2.05, 4.69) is 5.32 Å². The first-order chi connectivity index (χ1) is 22.4. The minimum Gasteiger partial charge on any atom is -0.446 e. The Kier molecular flexibility index (Phi) is 14.6. The van der Waals surface area contributed by atoms with Gasteiger partial charge in [0, 0.05) is 0 Å². The second-order valence-corrected chi connectivity index (χ2v) is 15.2. The highest BCUT2D eigenvalue weighted by Crippen LogP contribution is 2.33. The predicted molar refractivity (Wildman–Crippen MR) is 182 cm³/mol. The molecule has 0 bridgehead atoms. The summed E-state index contributed by atoms with van der Waals surface area (Å²) in [6.45, 7) is -0.0292. The zero-order valence-corrected chi connectivity index (χ0v) is 29.2. The van der Waals surface area contributed by atoms with E-state index >= 15 is 0 Å². The molecule has 1 aliphatic rings. The van der Waals surface area contributed by atoms with E-state index in [4.69, 9.17) is 103 Å². The molecule has 47 heavy (non-hydrogen) atoms. The quantitative estimate of drug-likeness (QED) is 0.103. The molecule has 1 amide bonds. The number of alkyl halides is 6. The lowest BCUT2D eigenvalue weighted by atomic mass is 9.96. The first-order valence-corrected chi connectivity index (χ1v) is 16.6. The smallest absolute Gasteiger partial charge is 0.407 e. The van der Waals surface area contributed by atoms with Gasteiger partial charge in [-0.2, -0.15) is 0 Å². The van der Waals surface area contributed by atoms with Gasteiger partial charge in [0.05, 0.1) is 26.4 Å². The highest BCUT2D eigenvalue weighted by atomic mass is 35.6. The zero-order valence-electron chi connectivity index (χ0n) is 24.7. The van der Waals surface area contributed by atoms with E-state index in [1.165, 1.54) is 0 Å². The Morgan fingerprint density at radius 2 is 1.23 bits per heavy atom. The third-order valence-electron chi connectivity index (χ3n) is 6.75. The molecule has 5 atom stereocenters. The molecule has 2 N–H and O–H groups in total. The van der Waals surface area contributed by atoms with Crippen LogP contribution in [0, 0.1) is 5.41 Å². The first-order valence-electron chi connectivity index (χ1n) is 14.3. The molecule has 1 saturated heterocycles. The van der Waals surface area contributed by atoms with E-state index in [1.807, 2.05) is 91.0 Å². The predicted octanol–water partition coefficient (Wildman–Crippen LogP) is 7.93. The van der Waals surface area contributed by atoms with Crippen molar-refractivity contribution in [3.8, 4) is 0 Å². The van der Waals surface area contributed by atoms with Gasteiger partial charge in [0.2, 0.25) is 16.0 Å². The summed E-state index contributed by atoms with van der Waals surface area (Å²) in [5.41, 5.74) is 2.65. The van der Waals surface area contributed by atoms with Crippen molar-refractivity contribution in [3.05, 3.63) is 108 Å². The van der Waals surface area contributed by atoms with Crippen molar-refractivity contribution in [3.63, 3.8) is 0 Å². The highest BCUT2D eigenvalue weighted by molar-refractivity contribution is 6.76. The van der Waals surface area contributed by atoms with Crippen LogP contribution in [0.4, 0.5) is 4.79 Å². The second kappa shape index (κ2) is 18.1. The van der Waals surface area contributed by atoms with Crippen LogP contribution in [-0.4, -0.2) is 63.4 Å². The SMILES string of the molecule is N=C(O[C@H]1O[C@H](COCc2ccccc2)[C@H](OCc2ccccc2)[C@H](OCc2ccccc2)[C@H]1NC(=O)OCC(Cl)(Cl)Cl)C(Cl)(Cl)Cl. The van der Waals surface area contributed by atoms with Crippen molar-refractivity contribution in [2.24, 2.45) is 0 Å². The number of hydrogen-bond acceptors (Lipinski definition) is 8. The van der Waals surface area contributed by atoms with Crippen LogP contribution >= 0.6 is 69.6 Å². The summed E-state index contributed by atoms with van der Waals surface area (Å²) >= 11 is 35.3. The van der Waals surface area contributed by atoms with Crippen molar-refractivity contribution in [1.29, 1.82) is 5.41 Å². The topological polar surface area (TPSA) is 108 Å². The minimum atomic E-state index is -2.25. The van der Waals surface area contributed by atoms with E-state index in [0.717, 1.165) is 16.7 Å². The Balaban J connectivity index is 1.68. The van der Waals surface area contributed by atoms with Crippen molar-refractivity contribution >= 4 is 81.6 Å². The van der Waals surface area contributed by atoms with Gasteiger partial charge in [0.15, 0.2) is 0 Å². The maximum absolute atomic E-state index is 13.0. The summed E-state index contributed by atoms with van der Waals surface area (Å²) < 4.78 is 32.0. The van der Waals surface area contributed by atoms with Gasteiger partial charge in [-0.15, -0.1) is 0 Å². The van der Waals surface area contributed by atoms with Crippen LogP contribution < -0.4 is 5.32 Å². The molecule has 3 aromatic rings. The number of benzene rings is 3. The van der Waals surface area contributed by atoms with Crippen LogP contribution in [0.1, 0.15) is 16.7 Å². The van der Waals surface area contributed by atoms with Crippen molar-refractivity contribution in [1.82, 2.24) is 5.32 Å². The largest absolute Gasteiger partial charge is 0.446 e. The van der Waals surface area contributed by atoms with Crippen LogP contribution in [0.5, 0.6) is 0 Å². The third kappa shape index (κ3) is 12.7. The Bertz CT molecular complexity index is 1400. The molecular formula is C32H32Cl6N2O7. The standard InChI is InChI=1S/C32H32Cl6N2O7/c33-31(34,35)20-45-30(41)40-25-27(44-18-23-14-8-3-9-15-23)26(43-17-22-12-6-2-7-13-22)24(19-42-16-21-10-4-1-5-11-21)46-28(25)47-29(39)32(36,37)38/h1-15,24-28,39H,16-20H2,(H,40,41)/t24-,25-,26+,27-,28-/m1/s1. The van der Waals surface area contributed by atoms with Gasteiger partial charge in [-0.05, 0) is 16.7 Å². The molecule has 1 aliphatic heterocycles. The number of nitrogens with one attached hydrogen (secondary N) is 2. The van der Waals surface area contributed by atoms with Crippen LogP contribution in [0.2, 0.25) is 0 Å². The number of carbonyl (C=O) groups excluding carboxylic acids is 1. The average Bonchev–Trinajstić information content (AvgIpc) is 3.04. The van der Waals surface area contributed by atoms with E-state index in [-0.39, 0.29) is 26.4 Å². The summed E-state index contributed by atoms with van der Waals surface area (Å²) in [5.74, 6) is -0.761. The van der Waals surface area contributed by atoms with Gasteiger partial charge in [-0.25, -0.2) is 4.79 Å². The number of halogens is 6. The van der Waals surface area contributed by atoms with Crippen LogP contribution in [-0.2, 0) is 48.2 Å². The summed E-state index contributed by atoms with van der Waals surface area (Å²) in [7, 11) is 0. The number of hydrogen-bond donors (Lipinski definition) is 2. The summed E-state index contributed by atoms with van der Waals surface area (Å²) in [6.07, 6.45) is -5.15. The Morgan fingerprint density at radius 1 is 0.745 bits per heavy atom. The summed E-state index contributed by atoms with van der Waals surface area (Å²) in [6, 6.07) is 27.2. The Hall–Kier alpha value is -2.02. The lowest BCUT2D eigenvalue weighted by Gasteiger charge is -2.46. The van der Waals surface area contributed by atoms with Crippen molar-refractivity contribution in [2.75, 3.05) is 13.2 Å². The maximum atomic E-state index is 13.0. The highest BCUT2D eigenvalue weighted by Gasteiger charge is 2.51. The molecule has 1 heterocycles. The fraction of sp³-hybridized carbons (Fsp3) is 0.375. The summed E-state index contributed by atoms with van der Waals surface area (Å²) in [4.78, 5) is 13.0. The first kappa shape index (κ1) is 37.8. The van der Waals surface area contributed by atoms with Crippen molar-refractivity contribution in [2.45, 2.75) is 58.0 Å². The van der Waals surface area contributed by atoms with Gasteiger partial charge in [-0.3, -0.25) is 5.41 Å². The monoisotopic (exact) mass is 766 g/mol. The van der Waals surface area contributed by atoms with Crippen LogP contribution in [0.25, 0.3) is 0 Å². The van der Waals surface area contributed by atoms with E-state index in [0.29, 0.717) is 0 Å². The lowest BCUT2D eigenvalue weighted by molar-refractivity contribution is -0.273. The van der Waals surface area contributed by atoms with E-state index in [9.17, 15) is 4.79 Å². The molecule has 4 rings (SSSR count). The molecule has 0 saturated carbocycles. The average molecular weight is 769 g/mol. The number of amides is 1. The molecule has 1 fully saturated rings. The second-order valence-electron chi connectivity index (χ2n) is 10.4. The normalized spacial score (nSPS) is 21.5. The Morgan fingerprint density at radius 3 is 1.72 bits per heavy atom. The number of alkyl carbamates (subject to hydrolysis) is 1. The number of ether oxygens (including phenoxy) is 6. The fourth-order valence-electron chi connectivity index (χ4n) is 4.60. The molecular weight excluding hydrogens is 737 g/mol. The van der Waals surface area contributed by atoms with Gasteiger partial charge in [0.25, 0.3) is 3.79 Å². The molecule has 0 spiro atoms. The molecule has 9 nitrogen and oxygen atoms in total. The fourth-order valence-corrected chi connectivity index (χ4v) is 4.90. The molecule has 15 heteroatoms. The van der Waals surface area contributed by atoms with E-state index < -0.39 is 56.8 Å². The molecule has 3 aromatic carbocycles. The van der Waals surface area contributed by atoms with E-state index in [1.54, 1.807) is 0 Å². The number of carbonyl (C=O) groups is 1. The molecule has 254 valence electrons. The van der Waals surface area contributed by atoms with Gasteiger partial charge in [-0.1, -0.05) is 161 Å². The van der Waals surface area contributed by atoms with Gasteiger partial charge < -0.3 is 33.7 Å². The van der Waals surface area contributed by atoms with Crippen LogP contribution in [0.3, 0.4) is 0 Å². The molecule has 0 unspecified atom stereocenters. The maximum Gasteiger partial charge on any atom is 0.407 e.